The zero-order chi connectivity index (χ0) is 28.6. The Morgan fingerprint density at radius 3 is 2.12 bits per heavy atom. The summed E-state index contributed by atoms with van der Waals surface area (Å²) in [7, 11) is 0. The Bertz CT molecular complexity index is 1700. The maximum atomic E-state index is 15.1. The highest BCUT2D eigenvalue weighted by atomic mass is 19.1. The molecule has 0 aliphatic carbocycles. The van der Waals surface area contributed by atoms with Gasteiger partial charge in [-0.3, -0.25) is 4.90 Å². The van der Waals surface area contributed by atoms with Crippen LogP contribution in [0.15, 0.2) is 36.9 Å². The number of benzene rings is 1. The predicted molar refractivity (Wildman–Crippen MR) is 144 cm³/mol. The van der Waals surface area contributed by atoms with Crippen molar-refractivity contribution in [3.8, 4) is 23.4 Å². The Kier molecular flexibility index (Phi) is 6.88. The van der Waals surface area contributed by atoms with Crippen molar-refractivity contribution in [2.75, 3.05) is 11.4 Å². The highest BCUT2D eigenvalue weighted by molar-refractivity contribution is 6.14. The fourth-order valence-electron chi connectivity index (χ4n) is 3.92. The van der Waals surface area contributed by atoms with Gasteiger partial charge < -0.3 is 19.2 Å². The van der Waals surface area contributed by atoms with Crippen LogP contribution in [0.1, 0.15) is 39.3 Å². The molecule has 4 heterocycles. The number of anilines is 1. The van der Waals surface area contributed by atoms with Crippen LogP contribution in [0.2, 0.25) is 0 Å². The predicted octanol–water partition coefficient (Wildman–Crippen LogP) is 5.79. The van der Waals surface area contributed by atoms with Crippen molar-refractivity contribution in [3.63, 3.8) is 0 Å². The monoisotopic (exact) mass is 546 g/mol. The number of ether oxygens (including phenoxy) is 3. The van der Waals surface area contributed by atoms with Gasteiger partial charge >= 0.3 is 12.1 Å². The molecule has 0 atom stereocenters. The van der Waals surface area contributed by atoms with Crippen LogP contribution in [0.25, 0.3) is 21.9 Å². The fraction of sp³-hybridized carbons (Fsp3) is 0.296. The summed E-state index contributed by atoms with van der Waals surface area (Å²) in [5.74, 6) is 1.22. The lowest BCUT2D eigenvalue weighted by Gasteiger charge is -2.27. The van der Waals surface area contributed by atoms with Gasteiger partial charge in [-0.2, -0.15) is 9.97 Å². The molecule has 40 heavy (non-hydrogen) atoms. The third-order valence-corrected chi connectivity index (χ3v) is 5.61. The quantitative estimate of drug-likeness (QED) is 0.278. The first kappa shape index (κ1) is 26.7. The Morgan fingerprint density at radius 1 is 0.950 bits per heavy atom. The second-order valence-corrected chi connectivity index (χ2v) is 9.87. The minimum Gasteiger partial charge on any atom is -0.443 e. The minimum absolute atomic E-state index is 0.0589. The van der Waals surface area contributed by atoms with E-state index in [1.165, 1.54) is 41.8 Å². The van der Waals surface area contributed by atoms with Crippen LogP contribution in [0.4, 0.5) is 14.9 Å². The minimum atomic E-state index is -0.744. The summed E-state index contributed by atoms with van der Waals surface area (Å²) >= 11 is 0. The number of aryl methyl sites for hydroxylation is 2. The van der Waals surface area contributed by atoms with Gasteiger partial charge in [-0.1, -0.05) is 0 Å². The van der Waals surface area contributed by atoms with E-state index in [1.54, 1.807) is 41.5 Å². The van der Waals surface area contributed by atoms with Gasteiger partial charge in [0.15, 0.2) is 11.5 Å². The largest absolute Gasteiger partial charge is 0.443 e. The Morgan fingerprint density at radius 2 is 1.55 bits per heavy atom. The van der Waals surface area contributed by atoms with Gasteiger partial charge in [-0.05, 0) is 53.7 Å². The topological polar surface area (TPSA) is 141 Å². The zero-order valence-corrected chi connectivity index (χ0v) is 22.8. The van der Waals surface area contributed by atoms with E-state index in [-0.39, 0.29) is 29.8 Å². The van der Waals surface area contributed by atoms with Crippen molar-refractivity contribution in [1.29, 1.82) is 0 Å². The van der Waals surface area contributed by atoms with Crippen LogP contribution in [0.5, 0.6) is 23.4 Å². The van der Waals surface area contributed by atoms with Crippen LogP contribution in [-0.2, 0) is 4.74 Å². The van der Waals surface area contributed by atoms with Gasteiger partial charge in [0.05, 0.1) is 41.4 Å². The maximum Gasteiger partial charge on any atom is 0.414 e. The molecule has 13 heteroatoms. The van der Waals surface area contributed by atoms with E-state index in [0.29, 0.717) is 39.4 Å². The summed E-state index contributed by atoms with van der Waals surface area (Å²) in [6.45, 7) is 10.8. The third kappa shape index (κ3) is 5.58. The number of amides is 1. The molecule has 0 saturated heterocycles. The van der Waals surface area contributed by atoms with Crippen molar-refractivity contribution >= 4 is 33.7 Å². The molecule has 4 aromatic heterocycles. The second-order valence-electron chi connectivity index (χ2n) is 9.87. The molecule has 0 aliphatic rings. The number of halogens is 1. The number of carbonyl (C=O) groups is 1. The van der Waals surface area contributed by atoms with E-state index < -0.39 is 17.5 Å². The molecule has 0 aliphatic heterocycles. The van der Waals surface area contributed by atoms with Crippen LogP contribution < -0.4 is 14.4 Å². The number of carbonyl (C=O) groups excluding carboxylic acids is 1. The molecule has 1 amide bonds. The highest BCUT2D eigenvalue weighted by Gasteiger charge is 2.27. The number of nitrogens with one attached hydrogen (secondary N) is 1. The summed E-state index contributed by atoms with van der Waals surface area (Å²) in [6.07, 6.45) is 5.34. The van der Waals surface area contributed by atoms with Crippen molar-refractivity contribution in [3.05, 3.63) is 54.4 Å². The molecule has 0 saturated carbocycles. The van der Waals surface area contributed by atoms with Crippen molar-refractivity contribution in [1.82, 2.24) is 34.9 Å². The lowest BCUT2D eigenvalue weighted by Crippen LogP contribution is -2.37. The standard InChI is InChI=1S/C27H27FN8O4/c1-7-36(26(37)40-27(4,5)6)20-9-16(28)8-19-21-23(33-22(19)20)34-25(39-18-12-31-15(3)32-13-18)35-24(21)38-17-10-29-14(2)30-11-17/h8-13H,7H2,1-6H3,(H,33,34,35). The number of H-pyrrole nitrogens is 1. The molecule has 1 aromatic carbocycles. The lowest BCUT2D eigenvalue weighted by molar-refractivity contribution is 0.0582. The average Bonchev–Trinajstić information content (AvgIpc) is 3.24. The number of hydrogen-bond donors (Lipinski definition) is 1. The number of fused-ring (bicyclic) bond motifs is 3. The molecule has 0 fully saturated rings. The molecular weight excluding hydrogens is 519 g/mol. The molecule has 0 unspecified atom stereocenters. The number of aromatic amines is 1. The summed E-state index contributed by atoms with van der Waals surface area (Å²) in [5, 5.41) is 0.754. The van der Waals surface area contributed by atoms with Crippen molar-refractivity contribution in [2.45, 2.75) is 47.1 Å². The Hall–Kier alpha value is -4.94. The van der Waals surface area contributed by atoms with Crippen LogP contribution in [0, 0.1) is 19.7 Å². The van der Waals surface area contributed by atoms with E-state index in [1.807, 2.05) is 0 Å². The van der Waals surface area contributed by atoms with Crippen molar-refractivity contribution < 1.29 is 23.4 Å². The Labute approximate surface area is 228 Å². The lowest BCUT2D eigenvalue weighted by atomic mass is 10.1. The van der Waals surface area contributed by atoms with Gasteiger partial charge in [-0.15, -0.1) is 0 Å². The molecular formula is C27H27FN8O4. The first-order valence-electron chi connectivity index (χ1n) is 12.5. The zero-order valence-electron chi connectivity index (χ0n) is 22.8. The van der Waals surface area contributed by atoms with E-state index >= 15 is 4.39 Å². The van der Waals surface area contributed by atoms with Gasteiger partial charge in [0.25, 0.3) is 0 Å². The Balaban J connectivity index is 1.69. The summed E-state index contributed by atoms with van der Waals surface area (Å²) in [4.78, 5) is 43.1. The van der Waals surface area contributed by atoms with E-state index in [9.17, 15) is 4.79 Å². The van der Waals surface area contributed by atoms with Crippen LogP contribution in [0.3, 0.4) is 0 Å². The number of nitrogens with zero attached hydrogens (tertiary/aromatic N) is 7. The number of aromatic nitrogens is 7. The smallest absolute Gasteiger partial charge is 0.414 e. The third-order valence-electron chi connectivity index (χ3n) is 5.61. The fourth-order valence-corrected chi connectivity index (χ4v) is 3.92. The molecule has 0 radical (unpaired) electrons. The summed E-state index contributed by atoms with van der Waals surface area (Å²) < 4.78 is 32.5. The molecule has 0 bridgehead atoms. The molecule has 1 N–H and O–H groups in total. The first-order chi connectivity index (χ1) is 19.0. The first-order valence-corrected chi connectivity index (χ1v) is 12.5. The van der Waals surface area contributed by atoms with Crippen LogP contribution in [-0.4, -0.2) is 53.1 Å². The molecule has 0 spiro atoms. The van der Waals surface area contributed by atoms with Gasteiger partial charge in [-0.25, -0.2) is 29.1 Å². The highest BCUT2D eigenvalue weighted by Crippen LogP contribution is 2.39. The molecule has 5 aromatic rings. The normalized spacial score (nSPS) is 11.6. The summed E-state index contributed by atoms with van der Waals surface area (Å²) in [5.41, 5.74) is 0.234. The van der Waals surface area contributed by atoms with Crippen LogP contribution >= 0.6 is 0 Å². The summed E-state index contributed by atoms with van der Waals surface area (Å²) in [6, 6.07) is 2.50. The number of rotatable bonds is 6. The van der Waals surface area contributed by atoms with Gasteiger partial charge in [0.2, 0.25) is 5.88 Å². The second kappa shape index (κ2) is 10.3. The van der Waals surface area contributed by atoms with E-state index in [2.05, 4.69) is 34.9 Å². The van der Waals surface area contributed by atoms with Gasteiger partial charge in [0.1, 0.15) is 28.7 Å². The maximum absolute atomic E-state index is 15.1. The van der Waals surface area contributed by atoms with Gasteiger partial charge in [0, 0.05) is 11.9 Å². The van der Waals surface area contributed by atoms with Crippen molar-refractivity contribution in [2.24, 2.45) is 0 Å². The SMILES string of the molecule is CCN(C(=O)OC(C)(C)C)c1cc(F)cc2c1[nH]c1nc(Oc3cnc(C)nc3)nc(Oc3cnc(C)nc3)c12. The molecule has 206 valence electrons. The molecule has 5 rings (SSSR count). The number of hydrogen-bond acceptors (Lipinski definition) is 10. The van der Waals surface area contributed by atoms with E-state index in [4.69, 9.17) is 14.2 Å². The van der Waals surface area contributed by atoms with E-state index in [0.717, 1.165) is 0 Å². The molecule has 12 nitrogen and oxygen atoms in total. The average molecular weight is 547 g/mol.